The third kappa shape index (κ3) is 3.81. The Labute approximate surface area is 128 Å². The van der Waals surface area contributed by atoms with Gasteiger partial charge in [-0.2, -0.15) is 0 Å². The van der Waals surface area contributed by atoms with Crippen LogP contribution in [-0.4, -0.2) is 42.6 Å². The third-order valence-corrected chi connectivity index (χ3v) is 4.08. The van der Waals surface area contributed by atoms with Gasteiger partial charge in [-0.3, -0.25) is 4.79 Å². The van der Waals surface area contributed by atoms with E-state index in [1.807, 2.05) is 0 Å². The molecule has 1 saturated heterocycles. The molecule has 0 aromatic heterocycles. The fraction of sp³-hybridized carbons (Fsp3) is 0.562. The molecule has 22 heavy (non-hydrogen) atoms. The molecule has 1 atom stereocenters. The van der Waals surface area contributed by atoms with E-state index in [9.17, 15) is 13.6 Å². The number of hydrogen-bond acceptors (Lipinski definition) is 3. The number of nitrogens with one attached hydrogen (secondary N) is 1. The molecule has 0 radical (unpaired) electrons. The Bertz CT molecular complexity index is 543. The van der Waals surface area contributed by atoms with Crippen LogP contribution in [0.3, 0.4) is 0 Å². The Kier molecular flexibility index (Phi) is 4.69. The molecule has 1 aromatic carbocycles. The monoisotopic (exact) mass is 310 g/mol. The predicted molar refractivity (Wildman–Crippen MR) is 77.2 cm³/mol. The second-order valence-electron chi connectivity index (χ2n) is 5.92. The first-order chi connectivity index (χ1) is 10.6. The van der Waals surface area contributed by atoms with E-state index in [-0.39, 0.29) is 24.5 Å². The van der Waals surface area contributed by atoms with Gasteiger partial charge in [-0.25, -0.2) is 8.78 Å². The molecule has 1 aliphatic carbocycles. The van der Waals surface area contributed by atoms with Gasteiger partial charge in [-0.05, 0) is 18.9 Å². The molecule has 6 heteroatoms. The largest absolute Gasteiger partial charge is 0.378 e. The summed E-state index contributed by atoms with van der Waals surface area (Å²) < 4.78 is 32.1. The van der Waals surface area contributed by atoms with Crippen LogP contribution < -0.4 is 5.32 Å². The summed E-state index contributed by atoms with van der Waals surface area (Å²) in [5, 5.41) is 3.25. The van der Waals surface area contributed by atoms with Crippen LogP contribution in [0.5, 0.6) is 0 Å². The molecule has 1 aromatic rings. The van der Waals surface area contributed by atoms with Crippen LogP contribution in [-0.2, 0) is 16.1 Å². The van der Waals surface area contributed by atoms with Crippen LogP contribution in [0, 0.1) is 11.6 Å². The van der Waals surface area contributed by atoms with Crippen molar-refractivity contribution in [3.63, 3.8) is 0 Å². The summed E-state index contributed by atoms with van der Waals surface area (Å²) >= 11 is 0. The number of halogens is 2. The number of nitrogens with zero attached hydrogens (tertiary/aromatic N) is 1. The standard InChI is InChI=1S/C16H20F2N2O2/c17-12-2-1-11(15(18)7-12)9-20(14-3-4-14)16(21)8-13-10-22-6-5-19-13/h1-2,7,13-14,19H,3-6,8-10H2. The van der Waals surface area contributed by atoms with E-state index in [2.05, 4.69) is 5.32 Å². The first-order valence-electron chi connectivity index (χ1n) is 7.68. The first kappa shape index (κ1) is 15.4. The van der Waals surface area contributed by atoms with Gasteiger partial charge < -0.3 is 15.0 Å². The summed E-state index contributed by atoms with van der Waals surface area (Å²) in [5.41, 5.74) is 0.356. The van der Waals surface area contributed by atoms with Crippen molar-refractivity contribution in [1.29, 1.82) is 0 Å². The second-order valence-corrected chi connectivity index (χ2v) is 5.92. The molecular weight excluding hydrogens is 290 g/mol. The van der Waals surface area contributed by atoms with Crippen molar-refractivity contribution in [2.75, 3.05) is 19.8 Å². The number of amides is 1. The highest BCUT2D eigenvalue weighted by Gasteiger charge is 2.34. The van der Waals surface area contributed by atoms with E-state index in [1.54, 1.807) is 4.90 Å². The van der Waals surface area contributed by atoms with E-state index in [0.717, 1.165) is 25.5 Å². The van der Waals surface area contributed by atoms with Gasteiger partial charge in [0, 0.05) is 43.2 Å². The zero-order chi connectivity index (χ0) is 15.5. The minimum atomic E-state index is -0.603. The minimum absolute atomic E-state index is 0.00535. The lowest BCUT2D eigenvalue weighted by molar-refractivity contribution is -0.133. The number of morpholine rings is 1. The van der Waals surface area contributed by atoms with E-state index in [4.69, 9.17) is 4.74 Å². The van der Waals surface area contributed by atoms with Gasteiger partial charge in [-0.15, -0.1) is 0 Å². The predicted octanol–water partition coefficient (Wildman–Crippen LogP) is 1.83. The highest BCUT2D eigenvalue weighted by molar-refractivity contribution is 5.77. The molecule has 1 unspecified atom stereocenters. The number of ether oxygens (including phenoxy) is 1. The summed E-state index contributed by atoms with van der Waals surface area (Å²) in [6, 6.07) is 3.70. The average Bonchev–Trinajstić information content (AvgIpc) is 3.32. The van der Waals surface area contributed by atoms with Crippen molar-refractivity contribution in [3.8, 4) is 0 Å². The zero-order valence-electron chi connectivity index (χ0n) is 12.4. The fourth-order valence-corrected chi connectivity index (χ4v) is 2.72. The topological polar surface area (TPSA) is 41.6 Å². The summed E-state index contributed by atoms with van der Waals surface area (Å²) in [6.45, 7) is 2.13. The van der Waals surface area contributed by atoms with Crippen molar-refractivity contribution in [3.05, 3.63) is 35.4 Å². The van der Waals surface area contributed by atoms with Crippen molar-refractivity contribution < 1.29 is 18.3 Å². The minimum Gasteiger partial charge on any atom is -0.378 e. The molecule has 1 saturated carbocycles. The number of carbonyl (C=O) groups is 1. The van der Waals surface area contributed by atoms with E-state index in [0.29, 0.717) is 25.2 Å². The maximum atomic E-state index is 13.8. The molecule has 1 N–H and O–H groups in total. The number of rotatable bonds is 5. The molecule has 2 aliphatic rings. The highest BCUT2D eigenvalue weighted by atomic mass is 19.1. The quantitative estimate of drug-likeness (QED) is 0.902. The van der Waals surface area contributed by atoms with E-state index >= 15 is 0 Å². The lowest BCUT2D eigenvalue weighted by Gasteiger charge is -2.28. The molecule has 3 rings (SSSR count). The Morgan fingerprint density at radius 1 is 1.36 bits per heavy atom. The maximum Gasteiger partial charge on any atom is 0.224 e. The first-order valence-corrected chi connectivity index (χ1v) is 7.68. The van der Waals surface area contributed by atoms with Crippen LogP contribution in [0.2, 0.25) is 0 Å². The lowest BCUT2D eigenvalue weighted by Crippen LogP contribution is -2.45. The van der Waals surface area contributed by atoms with Gasteiger partial charge in [-0.1, -0.05) is 6.07 Å². The smallest absolute Gasteiger partial charge is 0.224 e. The van der Waals surface area contributed by atoms with Crippen LogP contribution in [0.15, 0.2) is 18.2 Å². The van der Waals surface area contributed by atoms with E-state index < -0.39 is 11.6 Å². The Hall–Kier alpha value is -1.53. The molecular formula is C16H20F2N2O2. The SMILES string of the molecule is O=C(CC1COCCN1)N(Cc1ccc(F)cc1F)C1CC1. The number of carbonyl (C=O) groups excluding carboxylic acids is 1. The molecule has 1 heterocycles. The van der Waals surface area contributed by atoms with Crippen molar-refractivity contribution in [2.24, 2.45) is 0 Å². The zero-order valence-corrected chi connectivity index (χ0v) is 12.4. The molecule has 2 fully saturated rings. The van der Waals surface area contributed by atoms with Crippen LogP contribution >= 0.6 is 0 Å². The van der Waals surface area contributed by atoms with Gasteiger partial charge in [0.15, 0.2) is 0 Å². The molecule has 0 bridgehead atoms. The highest BCUT2D eigenvalue weighted by Crippen LogP contribution is 2.29. The van der Waals surface area contributed by atoms with Crippen LogP contribution in [0.25, 0.3) is 0 Å². The normalized spacial score (nSPS) is 21.6. The summed E-state index contributed by atoms with van der Waals surface area (Å²) in [4.78, 5) is 14.2. The lowest BCUT2D eigenvalue weighted by atomic mass is 10.1. The molecule has 0 spiro atoms. The number of benzene rings is 1. The van der Waals surface area contributed by atoms with Gasteiger partial charge in [0.05, 0.1) is 13.2 Å². The Morgan fingerprint density at radius 2 is 2.18 bits per heavy atom. The fourth-order valence-electron chi connectivity index (χ4n) is 2.72. The van der Waals surface area contributed by atoms with Gasteiger partial charge >= 0.3 is 0 Å². The summed E-state index contributed by atoms with van der Waals surface area (Å²) in [5.74, 6) is -1.21. The van der Waals surface area contributed by atoms with E-state index in [1.165, 1.54) is 12.1 Å². The molecule has 4 nitrogen and oxygen atoms in total. The summed E-state index contributed by atoms with van der Waals surface area (Å²) in [7, 11) is 0. The van der Waals surface area contributed by atoms with Gasteiger partial charge in [0.2, 0.25) is 5.91 Å². The molecule has 1 aliphatic heterocycles. The second kappa shape index (κ2) is 6.71. The van der Waals surface area contributed by atoms with Gasteiger partial charge in [0.1, 0.15) is 11.6 Å². The number of hydrogen-bond donors (Lipinski definition) is 1. The van der Waals surface area contributed by atoms with Crippen LogP contribution in [0.1, 0.15) is 24.8 Å². The van der Waals surface area contributed by atoms with Crippen molar-refractivity contribution >= 4 is 5.91 Å². The molecule has 1 amide bonds. The third-order valence-electron chi connectivity index (χ3n) is 4.08. The van der Waals surface area contributed by atoms with Crippen molar-refractivity contribution in [1.82, 2.24) is 10.2 Å². The van der Waals surface area contributed by atoms with Crippen molar-refractivity contribution in [2.45, 2.75) is 37.9 Å². The Morgan fingerprint density at radius 3 is 2.82 bits per heavy atom. The maximum absolute atomic E-state index is 13.8. The average molecular weight is 310 g/mol. The summed E-state index contributed by atoms with van der Waals surface area (Å²) in [6.07, 6.45) is 2.24. The Balaban J connectivity index is 1.65. The van der Waals surface area contributed by atoms with Gasteiger partial charge in [0.25, 0.3) is 0 Å². The molecule has 120 valence electrons. The van der Waals surface area contributed by atoms with Crippen LogP contribution in [0.4, 0.5) is 8.78 Å².